The van der Waals surface area contributed by atoms with Crippen molar-refractivity contribution in [2.24, 2.45) is 5.73 Å². The summed E-state index contributed by atoms with van der Waals surface area (Å²) in [6.07, 6.45) is 2.23. The summed E-state index contributed by atoms with van der Waals surface area (Å²) in [6, 6.07) is 0. The van der Waals surface area contributed by atoms with Crippen molar-refractivity contribution in [1.82, 2.24) is 5.32 Å². The van der Waals surface area contributed by atoms with E-state index in [0.29, 0.717) is 13.2 Å². The second kappa shape index (κ2) is 14.2. The van der Waals surface area contributed by atoms with Gasteiger partial charge in [-0.25, -0.2) is 9.59 Å². The van der Waals surface area contributed by atoms with Gasteiger partial charge in [0.1, 0.15) is 6.61 Å². The number of hydrogen-bond donors (Lipinski definition) is 3. The predicted molar refractivity (Wildman–Crippen MR) is 68.3 cm³/mol. The first kappa shape index (κ1) is 17.6. The number of carboxylic acid groups (broad SMARTS) is 1. The molecule has 0 aliphatic heterocycles. The second-order valence-corrected chi connectivity index (χ2v) is 4.36. The van der Waals surface area contributed by atoms with Crippen molar-refractivity contribution in [3.63, 3.8) is 0 Å². The number of carbonyl (C=O) groups excluding carboxylic acids is 1. The van der Waals surface area contributed by atoms with Crippen LogP contribution in [0.15, 0.2) is 0 Å². The summed E-state index contributed by atoms with van der Waals surface area (Å²) in [4.78, 5) is 19.6. The van der Waals surface area contributed by atoms with Crippen molar-refractivity contribution >= 4 is 35.7 Å². The minimum absolute atomic E-state index is 0.413. The molecule has 0 radical (unpaired) electrons. The predicted octanol–water partition coefficient (Wildman–Crippen LogP) is 1.06. The van der Waals surface area contributed by atoms with E-state index in [0.717, 1.165) is 11.5 Å². The molecule has 0 aliphatic carbocycles. The minimum Gasteiger partial charge on any atom is -0.465 e. The molecule has 4 N–H and O–H groups in total. The molecule has 0 atom stereocenters. The van der Waals surface area contributed by atoms with E-state index in [9.17, 15) is 9.59 Å². The molecule has 0 heterocycles. The van der Waals surface area contributed by atoms with Crippen LogP contribution in [0.4, 0.5) is 9.59 Å². The van der Waals surface area contributed by atoms with Gasteiger partial charge in [-0.3, -0.25) is 0 Å². The van der Waals surface area contributed by atoms with E-state index in [1.165, 1.54) is 0 Å². The number of thioether (sulfide) groups is 2. The fourth-order valence-corrected chi connectivity index (χ4v) is 1.04. The van der Waals surface area contributed by atoms with E-state index < -0.39 is 12.2 Å². The largest absolute Gasteiger partial charge is 0.465 e. The van der Waals surface area contributed by atoms with E-state index in [-0.39, 0.29) is 0 Å². The maximum absolute atomic E-state index is 9.86. The van der Waals surface area contributed by atoms with Crippen molar-refractivity contribution in [2.75, 3.05) is 37.2 Å². The fraction of sp³-hybridized carbons (Fsp3) is 0.750. The zero-order valence-electron chi connectivity index (χ0n) is 9.39. The highest BCUT2D eigenvalue weighted by molar-refractivity contribution is 7.98. The molecule has 0 rings (SSSR count). The van der Waals surface area contributed by atoms with Crippen LogP contribution in [0.25, 0.3) is 0 Å². The first-order valence-electron chi connectivity index (χ1n) is 4.41. The van der Waals surface area contributed by atoms with Crippen LogP contribution < -0.4 is 11.1 Å². The van der Waals surface area contributed by atoms with E-state index in [2.05, 4.69) is 15.8 Å². The number of nitrogens with two attached hydrogens (primary N) is 1. The third kappa shape index (κ3) is 23.2. The Kier molecular flexibility index (Phi) is 15.7. The fourth-order valence-electron chi connectivity index (χ4n) is 0.486. The monoisotopic (exact) mass is 270 g/mol. The first-order chi connectivity index (χ1) is 7.54. The molecule has 96 valence electrons. The highest BCUT2D eigenvalue weighted by Gasteiger charge is 1.89. The Morgan fingerprint density at radius 1 is 1.31 bits per heavy atom. The van der Waals surface area contributed by atoms with Crippen molar-refractivity contribution < 1.29 is 19.4 Å². The Morgan fingerprint density at radius 3 is 2.25 bits per heavy atom. The lowest BCUT2D eigenvalue weighted by atomic mass is 10.7. The molecule has 0 aliphatic rings. The number of rotatable bonds is 6. The van der Waals surface area contributed by atoms with Gasteiger partial charge in [-0.2, -0.15) is 23.5 Å². The standard InChI is InChI=1S/2C4H9NO2S/c1-8-3-2-7-4(5)6;1-8-3-2-5-4(6)7/h2-3H2,1H3,(H2,5,6);5H,2-3H2,1H3,(H,6,7). The number of primary amides is 1. The van der Waals surface area contributed by atoms with Crippen LogP contribution >= 0.6 is 23.5 Å². The summed E-state index contributed by atoms with van der Waals surface area (Å²) < 4.78 is 4.40. The highest BCUT2D eigenvalue weighted by atomic mass is 32.2. The van der Waals surface area contributed by atoms with Crippen molar-refractivity contribution in [3.8, 4) is 0 Å². The lowest BCUT2D eigenvalue weighted by Crippen LogP contribution is -2.23. The summed E-state index contributed by atoms with van der Waals surface area (Å²) in [5.41, 5.74) is 4.66. The van der Waals surface area contributed by atoms with Gasteiger partial charge < -0.3 is 20.9 Å². The average molecular weight is 270 g/mol. The van der Waals surface area contributed by atoms with Crippen molar-refractivity contribution in [2.45, 2.75) is 0 Å². The summed E-state index contributed by atoms with van der Waals surface area (Å²) in [7, 11) is 0. The number of carbonyl (C=O) groups is 2. The Morgan fingerprint density at radius 2 is 1.88 bits per heavy atom. The summed E-state index contributed by atoms with van der Waals surface area (Å²) >= 11 is 3.23. The minimum atomic E-state index is -0.945. The van der Waals surface area contributed by atoms with Crippen LogP contribution in [-0.4, -0.2) is 54.5 Å². The molecule has 0 aromatic carbocycles. The first-order valence-corrected chi connectivity index (χ1v) is 7.20. The summed E-state index contributed by atoms with van der Waals surface area (Å²) in [5.74, 6) is 1.65. The Labute approximate surface area is 104 Å². The normalized spacial score (nSPS) is 8.62. The maximum atomic E-state index is 9.86. The average Bonchev–Trinajstić information content (AvgIpc) is 2.18. The molecule has 0 spiro atoms. The molecule has 0 unspecified atom stereocenters. The number of nitrogens with one attached hydrogen (secondary N) is 1. The number of ether oxygens (including phenoxy) is 1. The zero-order valence-corrected chi connectivity index (χ0v) is 11.0. The maximum Gasteiger partial charge on any atom is 0.404 e. The smallest absolute Gasteiger partial charge is 0.404 e. The summed E-state index contributed by atoms with van der Waals surface area (Å²) in [5, 5.41) is 10.3. The molecule has 0 fully saturated rings. The second-order valence-electron chi connectivity index (χ2n) is 2.39. The third-order valence-corrected chi connectivity index (χ3v) is 2.30. The molecule has 16 heavy (non-hydrogen) atoms. The van der Waals surface area contributed by atoms with Gasteiger partial charge in [0.25, 0.3) is 0 Å². The van der Waals surface area contributed by atoms with Crippen LogP contribution in [0.3, 0.4) is 0 Å². The zero-order chi connectivity index (χ0) is 12.8. The van der Waals surface area contributed by atoms with E-state index in [4.69, 9.17) is 5.11 Å². The van der Waals surface area contributed by atoms with E-state index in [1.54, 1.807) is 23.5 Å². The molecule has 8 heteroatoms. The number of hydrogen-bond acceptors (Lipinski definition) is 5. The van der Waals surface area contributed by atoms with Crippen molar-refractivity contribution in [1.29, 1.82) is 0 Å². The van der Waals surface area contributed by atoms with Gasteiger partial charge in [0, 0.05) is 18.1 Å². The molecular weight excluding hydrogens is 252 g/mol. The third-order valence-electron chi connectivity index (χ3n) is 1.11. The van der Waals surface area contributed by atoms with Crippen LogP contribution in [0.5, 0.6) is 0 Å². The topological polar surface area (TPSA) is 102 Å². The quantitative estimate of drug-likeness (QED) is 0.624. The van der Waals surface area contributed by atoms with Crippen molar-refractivity contribution in [3.05, 3.63) is 0 Å². The Balaban J connectivity index is 0. The van der Waals surface area contributed by atoms with Gasteiger partial charge in [0.15, 0.2) is 0 Å². The Bertz CT molecular complexity index is 173. The lowest BCUT2D eigenvalue weighted by Gasteiger charge is -1.95. The van der Waals surface area contributed by atoms with Gasteiger partial charge in [0.05, 0.1) is 0 Å². The van der Waals surface area contributed by atoms with E-state index >= 15 is 0 Å². The SMILES string of the molecule is CSCCNC(=O)O.CSCCOC(N)=O. The van der Waals surface area contributed by atoms with Gasteiger partial charge in [-0.15, -0.1) is 0 Å². The van der Waals surface area contributed by atoms with Crippen LogP contribution in [0.2, 0.25) is 0 Å². The van der Waals surface area contributed by atoms with Crippen LogP contribution in [-0.2, 0) is 4.74 Å². The molecule has 0 aromatic rings. The lowest BCUT2D eigenvalue weighted by molar-refractivity contribution is 0.164. The molecule has 0 saturated carbocycles. The number of amides is 2. The molecule has 6 nitrogen and oxygen atoms in total. The summed E-state index contributed by atoms with van der Waals surface area (Å²) in [6.45, 7) is 0.951. The van der Waals surface area contributed by atoms with E-state index in [1.807, 2.05) is 12.5 Å². The highest BCUT2D eigenvalue weighted by Crippen LogP contribution is 1.89. The van der Waals surface area contributed by atoms with Crippen LogP contribution in [0.1, 0.15) is 0 Å². The molecule has 2 amide bonds. The van der Waals surface area contributed by atoms with Gasteiger partial charge in [-0.05, 0) is 12.5 Å². The molecule has 0 bridgehead atoms. The van der Waals surface area contributed by atoms with Gasteiger partial charge >= 0.3 is 12.2 Å². The van der Waals surface area contributed by atoms with Crippen LogP contribution in [0, 0.1) is 0 Å². The molecule has 0 aromatic heterocycles. The Hall–Kier alpha value is -0.760. The van der Waals surface area contributed by atoms with Gasteiger partial charge in [-0.1, -0.05) is 0 Å². The molecule has 0 saturated heterocycles. The van der Waals surface area contributed by atoms with Gasteiger partial charge in [0.2, 0.25) is 0 Å². The molecular formula is C8H18N2O4S2.